The fourth-order valence-electron chi connectivity index (χ4n) is 2.60. The zero-order valence-electron chi connectivity index (χ0n) is 13.7. The number of amides is 2. The van der Waals surface area contributed by atoms with Gasteiger partial charge in [-0.25, -0.2) is 5.01 Å². The van der Waals surface area contributed by atoms with Crippen molar-refractivity contribution in [1.82, 2.24) is 15.3 Å². The van der Waals surface area contributed by atoms with Gasteiger partial charge in [-0.15, -0.1) is 0 Å². The van der Waals surface area contributed by atoms with Crippen LogP contribution in [0.2, 0.25) is 5.02 Å². The van der Waals surface area contributed by atoms with Gasteiger partial charge in [-0.3, -0.25) is 14.6 Å². The summed E-state index contributed by atoms with van der Waals surface area (Å²) >= 11 is 6.02. The van der Waals surface area contributed by atoms with Crippen molar-refractivity contribution in [2.24, 2.45) is 5.10 Å². The number of hydrogen-bond acceptors (Lipinski definition) is 4. The third kappa shape index (κ3) is 4.22. The molecule has 1 aromatic carbocycles. The highest BCUT2D eigenvalue weighted by molar-refractivity contribution is 6.30. The molecule has 25 heavy (non-hydrogen) atoms. The van der Waals surface area contributed by atoms with Gasteiger partial charge in [-0.05, 0) is 35.7 Å². The van der Waals surface area contributed by atoms with Crippen LogP contribution in [0.15, 0.2) is 47.7 Å². The summed E-state index contributed by atoms with van der Waals surface area (Å²) in [7, 11) is 1.57. The molecule has 0 saturated carbocycles. The lowest BCUT2D eigenvalue weighted by Crippen LogP contribution is -2.38. The first kappa shape index (κ1) is 17.1. The van der Waals surface area contributed by atoms with E-state index in [9.17, 15) is 9.59 Å². The number of benzene rings is 1. The summed E-state index contributed by atoms with van der Waals surface area (Å²) in [5.41, 5.74) is 2.13. The van der Waals surface area contributed by atoms with Crippen molar-refractivity contribution in [3.05, 3.63) is 64.4 Å². The van der Waals surface area contributed by atoms with Crippen LogP contribution in [0.1, 0.15) is 34.5 Å². The maximum Gasteiger partial charge on any atom is 0.275 e. The first-order chi connectivity index (χ1) is 12.0. The fourth-order valence-corrected chi connectivity index (χ4v) is 2.82. The minimum atomic E-state index is -0.334. The lowest BCUT2D eigenvalue weighted by Gasteiger charge is -2.19. The lowest BCUT2D eigenvalue weighted by atomic mass is 10.0. The van der Waals surface area contributed by atoms with Gasteiger partial charge < -0.3 is 5.32 Å². The van der Waals surface area contributed by atoms with E-state index in [1.807, 2.05) is 24.3 Å². The molecule has 7 heteroatoms. The third-order valence-electron chi connectivity index (χ3n) is 3.86. The molecule has 128 valence electrons. The average Bonchev–Trinajstić information content (AvgIpc) is 2.59. The second-order valence-electron chi connectivity index (χ2n) is 5.74. The van der Waals surface area contributed by atoms with Crippen LogP contribution in [0.3, 0.4) is 0 Å². The maximum atomic E-state index is 12.6. The fraction of sp³-hybridized carbons (Fsp3) is 0.222. The second kappa shape index (κ2) is 7.44. The van der Waals surface area contributed by atoms with Crippen LogP contribution in [-0.4, -0.2) is 34.7 Å². The number of carbonyl (C=O) groups is 2. The van der Waals surface area contributed by atoms with E-state index in [0.717, 1.165) is 11.1 Å². The van der Waals surface area contributed by atoms with Crippen LogP contribution >= 0.6 is 11.6 Å². The summed E-state index contributed by atoms with van der Waals surface area (Å²) in [6.07, 6.45) is 2.86. The maximum absolute atomic E-state index is 12.6. The number of pyridine rings is 1. The van der Waals surface area contributed by atoms with Gasteiger partial charge in [-0.1, -0.05) is 29.8 Å². The Morgan fingerprint density at radius 1 is 1.28 bits per heavy atom. The molecule has 2 amide bonds. The molecule has 1 aliphatic heterocycles. The minimum absolute atomic E-state index is 0.0718. The number of hydrogen-bond donors (Lipinski definition) is 1. The molecule has 0 fully saturated rings. The summed E-state index contributed by atoms with van der Waals surface area (Å²) in [5.74, 6) is 0.0584. The highest BCUT2D eigenvalue weighted by Crippen LogP contribution is 2.17. The summed E-state index contributed by atoms with van der Waals surface area (Å²) in [6.45, 7) is 0. The van der Waals surface area contributed by atoms with Gasteiger partial charge in [-0.2, -0.15) is 5.10 Å². The van der Waals surface area contributed by atoms with E-state index in [2.05, 4.69) is 15.4 Å². The minimum Gasteiger partial charge on any atom is -0.307 e. The SMILES string of the molecule is CN1N=C(NC(=O)c2ncccc2Cc2cccc(Cl)c2)CCC1=O. The van der Waals surface area contributed by atoms with E-state index in [-0.39, 0.29) is 11.8 Å². The first-order valence-electron chi connectivity index (χ1n) is 7.86. The van der Waals surface area contributed by atoms with Crippen LogP contribution in [0.25, 0.3) is 0 Å². The normalized spacial score (nSPS) is 14.2. The summed E-state index contributed by atoms with van der Waals surface area (Å²) in [6, 6.07) is 11.1. The number of carbonyl (C=O) groups excluding carboxylic acids is 2. The van der Waals surface area contributed by atoms with Crippen LogP contribution < -0.4 is 5.32 Å². The molecule has 0 aliphatic carbocycles. The van der Waals surface area contributed by atoms with Crippen molar-refractivity contribution in [3.8, 4) is 0 Å². The first-order valence-corrected chi connectivity index (χ1v) is 8.24. The standard InChI is InChI=1S/C18H17ClN4O2/c1-23-16(24)8-7-15(22-23)21-18(25)17-13(5-3-9-20-17)10-12-4-2-6-14(19)11-12/h2-6,9,11H,7-8,10H2,1H3,(H,21,22,25). The highest BCUT2D eigenvalue weighted by Gasteiger charge is 2.20. The number of rotatable bonds is 3. The molecule has 0 unspecified atom stereocenters. The number of nitrogens with zero attached hydrogens (tertiary/aromatic N) is 3. The predicted molar refractivity (Wildman–Crippen MR) is 95.4 cm³/mol. The van der Waals surface area contributed by atoms with Gasteiger partial charge in [0.15, 0.2) is 0 Å². The Bertz CT molecular complexity index is 850. The second-order valence-corrected chi connectivity index (χ2v) is 6.17. The molecule has 6 nitrogen and oxygen atoms in total. The predicted octanol–water partition coefficient (Wildman–Crippen LogP) is 2.62. The quantitative estimate of drug-likeness (QED) is 0.918. The van der Waals surface area contributed by atoms with E-state index in [1.165, 1.54) is 5.01 Å². The number of hydrazone groups is 1. The van der Waals surface area contributed by atoms with Crippen molar-refractivity contribution in [3.63, 3.8) is 0 Å². The largest absolute Gasteiger partial charge is 0.307 e. The van der Waals surface area contributed by atoms with Crippen molar-refractivity contribution in [1.29, 1.82) is 0 Å². The highest BCUT2D eigenvalue weighted by atomic mass is 35.5. The van der Waals surface area contributed by atoms with Gasteiger partial charge in [0.05, 0.1) is 0 Å². The number of aromatic nitrogens is 1. The average molecular weight is 357 g/mol. The van der Waals surface area contributed by atoms with Gasteiger partial charge in [0.1, 0.15) is 11.5 Å². The Hall–Kier alpha value is -2.73. The van der Waals surface area contributed by atoms with Crippen LogP contribution in [0, 0.1) is 0 Å². The summed E-state index contributed by atoms with van der Waals surface area (Å²) < 4.78 is 0. The molecule has 0 spiro atoms. The molecule has 3 rings (SSSR count). The molecular formula is C18H17ClN4O2. The molecule has 2 aromatic rings. The summed E-state index contributed by atoms with van der Waals surface area (Å²) in [5, 5.41) is 8.72. The van der Waals surface area contributed by atoms with Crippen LogP contribution in [-0.2, 0) is 11.2 Å². The molecule has 1 aromatic heterocycles. The summed E-state index contributed by atoms with van der Waals surface area (Å²) in [4.78, 5) is 28.3. The Morgan fingerprint density at radius 3 is 2.88 bits per heavy atom. The van der Waals surface area contributed by atoms with E-state index in [1.54, 1.807) is 25.4 Å². The Labute approximate surface area is 150 Å². The molecule has 0 saturated heterocycles. The number of nitrogens with one attached hydrogen (secondary N) is 1. The monoisotopic (exact) mass is 356 g/mol. The third-order valence-corrected chi connectivity index (χ3v) is 4.09. The van der Waals surface area contributed by atoms with Crippen molar-refractivity contribution in [2.45, 2.75) is 19.3 Å². The van der Waals surface area contributed by atoms with Gasteiger partial charge >= 0.3 is 0 Å². The molecule has 0 radical (unpaired) electrons. The van der Waals surface area contributed by atoms with E-state index in [4.69, 9.17) is 11.6 Å². The van der Waals surface area contributed by atoms with Crippen LogP contribution in [0.5, 0.6) is 0 Å². The molecule has 0 bridgehead atoms. The van der Waals surface area contributed by atoms with E-state index < -0.39 is 0 Å². The molecule has 0 atom stereocenters. The van der Waals surface area contributed by atoms with Crippen molar-refractivity contribution in [2.75, 3.05) is 7.05 Å². The Morgan fingerprint density at radius 2 is 2.12 bits per heavy atom. The Balaban J connectivity index is 1.79. The van der Waals surface area contributed by atoms with Gasteiger partial charge in [0.2, 0.25) is 5.91 Å². The zero-order chi connectivity index (χ0) is 17.8. The van der Waals surface area contributed by atoms with Gasteiger partial charge in [0, 0.05) is 31.1 Å². The molecular weight excluding hydrogens is 340 g/mol. The molecule has 2 heterocycles. The van der Waals surface area contributed by atoms with Crippen molar-refractivity contribution >= 4 is 29.3 Å². The van der Waals surface area contributed by atoms with E-state index in [0.29, 0.717) is 35.8 Å². The smallest absolute Gasteiger partial charge is 0.275 e. The van der Waals surface area contributed by atoms with Crippen molar-refractivity contribution < 1.29 is 9.59 Å². The van der Waals surface area contributed by atoms with Gasteiger partial charge in [0.25, 0.3) is 5.91 Å². The molecule has 1 N–H and O–H groups in total. The van der Waals surface area contributed by atoms with E-state index >= 15 is 0 Å². The number of halogens is 1. The molecule has 1 aliphatic rings. The lowest BCUT2D eigenvalue weighted by molar-refractivity contribution is -0.130. The zero-order valence-corrected chi connectivity index (χ0v) is 14.5. The number of amidine groups is 1. The van der Waals surface area contributed by atoms with Crippen LogP contribution in [0.4, 0.5) is 0 Å². The Kier molecular flexibility index (Phi) is 5.09. The topological polar surface area (TPSA) is 74.7 Å².